The van der Waals surface area contributed by atoms with E-state index < -0.39 is 0 Å². The minimum Gasteiger partial charge on any atom is -0.497 e. The molecular weight excluding hydrogens is 302 g/mol. The van der Waals surface area contributed by atoms with Crippen molar-refractivity contribution in [1.29, 1.82) is 0 Å². The van der Waals surface area contributed by atoms with Gasteiger partial charge in [-0.2, -0.15) is 0 Å². The van der Waals surface area contributed by atoms with Crippen molar-refractivity contribution in [2.45, 2.75) is 18.9 Å². The molecule has 19 heavy (non-hydrogen) atoms. The molecule has 0 radical (unpaired) electrons. The van der Waals surface area contributed by atoms with E-state index in [9.17, 15) is 0 Å². The first-order valence-corrected chi connectivity index (χ1v) is 7.24. The average Bonchev–Trinajstić information content (AvgIpc) is 2.84. The summed E-state index contributed by atoms with van der Waals surface area (Å²) >= 11 is 3.46. The van der Waals surface area contributed by atoms with Crippen LogP contribution < -0.4 is 10.1 Å². The van der Waals surface area contributed by atoms with Gasteiger partial charge in [0, 0.05) is 10.2 Å². The molecule has 0 aliphatic heterocycles. The highest BCUT2D eigenvalue weighted by Crippen LogP contribution is 2.36. The molecule has 1 aliphatic carbocycles. The van der Waals surface area contributed by atoms with Gasteiger partial charge in [-0.25, -0.2) is 0 Å². The molecule has 2 nitrogen and oxygen atoms in total. The Kier molecular flexibility index (Phi) is 3.47. The van der Waals surface area contributed by atoms with Crippen molar-refractivity contribution < 1.29 is 4.74 Å². The zero-order valence-electron chi connectivity index (χ0n) is 10.8. The summed E-state index contributed by atoms with van der Waals surface area (Å²) < 4.78 is 6.42. The van der Waals surface area contributed by atoms with Crippen LogP contribution in [-0.2, 0) is 6.42 Å². The summed E-state index contributed by atoms with van der Waals surface area (Å²) in [5.74, 6) is 0.934. The average molecular weight is 318 g/mol. The van der Waals surface area contributed by atoms with Crippen molar-refractivity contribution in [3.63, 3.8) is 0 Å². The maximum Gasteiger partial charge on any atom is 0.119 e. The zero-order valence-corrected chi connectivity index (χ0v) is 12.4. The number of rotatable bonds is 3. The van der Waals surface area contributed by atoms with Crippen LogP contribution in [-0.4, -0.2) is 7.11 Å². The molecule has 1 unspecified atom stereocenters. The van der Waals surface area contributed by atoms with Crippen molar-refractivity contribution in [2.75, 3.05) is 12.4 Å². The summed E-state index contributed by atoms with van der Waals surface area (Å²) in [6.45, 7) is 0. The van der Waals surface area contributed by atoms with E-state index in [1.54, 1.807) is 7.11 Å². The molecule has 1 atom stereocenters. The molecule has 0 amide bonds. The van der Waals surface area contributed by atoms with Crippen molar-refractivity contribution >= 4 is 21.6 Å². The first-order valence-electron chi connectivity index (χ1n) is 6.45. The summed E-state index contributed by atoms with van der Waals surface area (Å²) in [6.07, 6.45) is 2.27. The molecule has 98 valence electrons. The highest BCUT2D eigenvalue weighted by atomic mass is 79.9. The third-order valence-electron chi connectivity index (χ3n) is 3.62. The monoisotopic (exact) mass is 317 g/mol. The summed E-state index contributed by atoms with van der Waals surface area (Å²) in [5, 5.41) is 3.60. The van der Waals surface area contributed by atoms with Crippen LogP contribution in [0.25, 0.3) is 0 Å². The Morgan fingerprint density at radius 1 is 1.16 bits per heavy atom. The number of aryl methyl sites for hydroxylation is 1. The lowest BCUT2D eigenvalue weighted by Gasteiger charge is -2.16. The number of anilines is 1. The van der Waals surface area contributed by atoms with Gasteiger partial charge in [-0.1, -0.05) is 22.0 Å². The largest absolute Gasteiger partial charge is 0.497 e. The van der Waals surface area contributed by atoms with E-state index in [-0.39, 0.29) is 0 Å². The molecule has 0 saturated carbocycles. The zero-order chi connectivity index (χ0) is 13.2. The first kappa shape index (κ1) is 12.5. The third-order valence-corrected chi connectivity index (χ3v) is 4.14. The van der Waals surface area contributed by atoms with Gasteiger partial charge in [-0.15, -0.1) is 0 Å². The van der Waals surface area contributed by atoms with Crippen LogP contribution in [0.4, 0.5) is 5.69 Å². The lowest BCUT2D eigenvalue weighted by molar-refractivity contribution is 0.414. The molecule has 0 bridgehead atoms. The number of ether oxygens (including phenoxy) is 1. The third kappa shape index (κ3) is 2.61. The Bertz CT molecular complexity index is 580. The lowest BCUT2D eigenvalue weighted by atomic mass is 10.1. The fourth-order valence-electron chi connectivity index (χ4n) is 2.60. The number of hydrogen-bond acceptors (Lipinski definition) is 2. The predicted octanol–water partition coefficient (Wildman–Crippen LogP) is 4.56. The van der Waals surface area contributed by atoms with Crippen molar-refractivity contribution in [1.82, 2.24) is 0 Å². The van der Waals surface area contributed by atoms with E-state index in [1.807, 2.05) is 6.07 Å². The maximum atomic E-state index is 5.32. The summed E-state index contributed by atoms with van der Waals surface area (Å²) in [4.78, 5) is 0. The SMILES string of the molecule is COc1ccc2c(c1)C(Nc1ccc(Br)cc1)CC2. The standard InChI is InChI=1S/C16H16BrNO/c1-19-14-8-2-11-3-9-16(15(11)10-14)18-13-6-4-12(17)5-7-13/h2,4-8,10,16,18H,3,9H2,1H3. The topological polar surface area (TPSA) is 21.3 Å². The van der Waals surface area contributed by atoms with Crippen molar-refractivity contribution in [3.8, 4) is 5.75 Å². The number of halogens is 1. The smallest absolute Gasteiger partial charge is 0.119 e. The van der Waals surface area contributed by atoms with Crippen LogP contribution in [0, 0.1) is 0 Å². The van der Waals surface area contributed by atoms with Crippen molar-refractivity contribution in [3.05, 3.63) is 58.1 Å². The van der Waals surface area contributed by atoms with Gasteiger partial charge in [0.1, 0.15) is 5.75 Å². The van der Waals surface area contributed by atoms with Crippen LogP contribution in [0.5, 0.6) is 5.75 Å². The van der Waals surface area contributed by atoms with Gasteiger partial charge in [0.2, 0.25) is 0 Å². The van der Waals surface area contributed by atoms with E-state index in [4.69, 9.17) is 4.74 Å². The van der Waals surface area contributed by atoms with E-state index in [1.165, 1.54) is 11.1 Å². The Morgan fingerprint density at radius 3 is 2.68 bits per heavy atom. The molecule has 0 saturated heterocycles. The fourth-order valence-corrected chi connectivity index (χ4v) is 2.87. The van der Waals surface area contributed by atoms with Gasteiger partial charge in [-0.05, 0) is 60.4 Å². The van der Waals surface area contributed by atoms with Gasteiger partial charge < -0.3 is 10.1 Å². The Morgan fingerprint density at radius 2 is 1.95 bits per heavy atom. The molecule has 2 aromatic rings. The summed E-state index contributed by atoms with van der Waals surface area (Å²) in [6, 6.07) is 15.1. The minimum absolute atomic E-state index is 0.381. The number of benzene rings is 2. The summed E-state index contributed by atoms with van der Waals surface area (Å²) in [5.41, 5.74) is 3.95. The van der Waals surface area contributed by atoms with Gasteiger partial charge in [0.25, 0.3) is 0 Å². The number of nitrogens with one attached hydrogen (secondary N) is 1. The van der Waals surface area contributed by atoms with Crippen molar-refractivity contribution in [2.24, 2.45) is 0 Å². The predicted molar refractivity (Wildman–Crippen MR) is 81.8 cm³/mol. The Balaban J connectivity index is 1.83. The highest BCUT2D eigenvalue weighted by molar-refractivity contribution is 9.10. The van der Waals surface area contributed by atoms with Gasteiger partial charge in [-0.3, -0.25) is 0 Å². The Labute approximate surface area is 121 Å². The van der Waals surface area contributed by atoms with Crippen LogP contribution in [0.2, 0.25) is 0 Å². The van der Waals surface area contributed by atoms with Crippen LogP contribution >= 0.6 is 15.9 Å². The van der Waals surface area contributed by atoms with E-state index in [2.05, 4.69) is 57.6 Å². The van der Waals surface area contributed by atoms with Gasteiger partial charge >= 0.3 is 0 Å². The number of fused-ring (bicyclic) bond motifs is 1. The molecule has 0 fully saturated rings. The number of hydrogen-bond donors (Lipinski definition) is 1. The van der Waals surface area contributed by atoms with Crippen LogP contribution in [0.3, 0.4) is 0 Å². The second-order valence-corrected chi connectivity index (χ2v) is 5.72. The lowest BCUT2D eigenvalue weighted by Crippen LogP contribution is -2.07. The van der Waals surface area contributed by atoms with E-state index in [0.29, 0.717) is 6.04 Å². The highest BCUT2D eigenvalue weighted by Gasteiger charge is 2.22. The minimum atomic E-state index is 0.381. The molecule has 0 aromatic heterocycles. The fraction of sp³-hybridized carbons (Fsp3) is 0.250. The van der Waals surface area contributed by atoms with E-state index in [0.717, 1.165) is 28.8 Å². The molecule has 2 aromatic carbocycles. The second-order valence-electron chi connectivity index (χ2n) is 4.81. The quantitative estimate of drug-likeness (QED) is 0.896. The molecule has 1 aliphatic rings. The normalized spacial score (nSPS) is 17.1. The first-order chi connectivity index (χ1) is 9.26. The molecule has 1 N–H and O–H groups in total. The molecule has 0 spiro atoms. The maximum absolute atomic E-state index is 5.32. The van der Waals surface area contributed by atoms with Crippen LogP contribution in [0.15, 0.2) is 46.9 Å². The number of methoxy groups -OCH3 is 1. The molecule has 3 heteroatoms. The van der Waals surface area contributed by atoms with Gasteiger partial charge in [0.05, 0.1) is 13.2 Å². The Hall–Kier alpha value is -1.48. The van der Waals surface area contributed by atoms with Gasteiger partial charge in [0.15, 0.2) is 0 Å². The molecule has 0 heterocycles. The molecular formula is C16H16BrNO. The van der Waals surface area contributed by atoms with E-state index >= 15 is 0 Å². The second kappa shape index (κ2) is 5.25. The van der Waals surface area contributed by atoms with Crippen LogP contribution in [0.1, 0.15) is 23.6 Å². The molecule has 3 rings (SSSR count). The summed E-state index contributed by atoms with van der Waals surface area (Å²) in [7, 11) is 1.72.